The molecule has 0 bridgehead atoms. The first-order chi connectivity index (χ1) is 8.16. The summed E-state index contributed by atoms with van der Waals surface area (Å²) in [5.41, 5.74) is 2.21. The third kappa shape index (κ3) is 3.60. The SMILES string of the molecule is Clc1ccc(Br)cc1CNc1ccccc1I. The molecule has 0 saturated heterocycles. The first-order valence-electron chi connectivity index (χ1n) is 5.09. The van der Waals surface area contributed by atoms with Crippen molar-refractivity contribution in [1.29, 1.82) is 0 Å². The molecule has 2 rings (SSSR count). The predicted octanol–water partition coefficient (Wildman–Crippen LogP) is 5.32. The Labute approximate surface area is 128 Å². The Morgan fingerprint density at radius 1 is 1.18 bits per heavy atom. The van der Waals surface area contributed by atoms with Crippen molar-refractivity contribution in [3.63, 3.8) is 0 Å². The van der Waals surface area contributed by atoms with E-state index in [0.717, 1.165) is 27.3 Å². The maximum Gasteiger partial charge on any atom is 0.0478 e. The highest BCUT2D eigenvalue weighted by Gasteiger charge is 2.02. The van der Waals surface area contributed by atoms with Crippen molar-refractivity contribution < 1.29 is 0 Å². The van der Waals surface area contributed by atoms with E-state index in [2.05, 4.69) is 56.0 Å². The summed E-state index contributed by atoms with van der Waals surface area (Å²) in [7, 11) is 0. The Morgan fingerprint density at radius 3 is 2.71 bits per heavy atom. The van der Waals surface area contributed by atoms with Crippen LogP contribution in [0.3, 0.4) is 0 Å². The minimum atomic E-state index is 0.721. The van der Waals surface area contributed by atoms with Gasteiger partial charge in [0.2, 0.25) is 0 Å². The zero-order valence-corrected chi connectivity index (χ0v) is 13.4. The molecule has 4 heteroatoms. The van der Waals surface area contributed by atoms with Crippen LogP contribution in [0.2, 0.25) is 5.02 Å². The number of rotatable bonds is 3. The van der Waals surface area contributed by atoms with Gasteiger partial charge in [0.05, 0.1) is 0 Å². The second-order valence-corrected chi connectivity index (χ2v) is 6.05. The zero-order valence-electron chi connectivity index (χ0n) is 8.88. The summed E-state index contributed by atoms with van der Waals surface area (Å²) in [4.78, 5) is 0. The number of hydrogen-bond acceptors (Lipinski definition) is 1. The van der Waals surface area contributed by atoms with Gasteiger partial charge in [-0.25, -0.2) is 0 Å². The highest BCUT2D eigenvalue weighted by molar-refractivity contribution is 14.1. The second-order valence-electron chi connectivity index (χ2n) is 3.57. The van der Waals surface area contributed by atoms with Gasteiger partial charge in [-0.15, -0.1) is 0 Å². The lowest BCUT2D eigenvalue weighted by Gasteiger charge is -2.10. The minimum Gasteiger partial charge on any atom is -0.380 e. The van der Waals surface area contributed by atoms with Crippen LogP contribution in [0.25, 0.3) is 0 Å². The quantitative estimate of drug-likeness (QED) is 0.661. The summed E-state index contributed by atoms with van der Waals surface area (Å²) in [6.45, 7) is 0.721. The fourth-order valence-electron chi connectivity index (χ4n) is 1.47. The third-order valence-electron chi connectivity index (χ3n) is 2.35. The molecular weight excluding hydrogens is 412 g/mol. The maximum absolute atomic E-state index is 6.14. The van der Waals surface area contributed by atoms with Crippen LogP contribution in [0.15, 0.2) is 46.9 Å². The molecule has 0 unspecified atom stereocenters. The molecule has 0 saturated carbocycles. The largest absolute Gasteiger partial charge is 0.380 e. The topological polar surface area (TPSA) is 12.0 Å². The minimum absolute atomic E-state index is 0.721. The highest BCUT2D eigenvalue weighted by atomic mass is 127. The van der Waals surface area contributed by atoms with Gasteiger partial charge in [0.15, 0.2) is 0 Å². The molecule has 0 fully saturated rings. The molecule has 0 aliphatic rings. The molecule has 1 N–H and O–H groups in total. The van der Waals surface area contributed by atoms with E-state index in [4.69, 9.17) is 11.6 Å². The lowest BCUT2D eigenvalue weighted by Crippen LogP contribution is -2.01. The second kappa shape index (κ2) is 6.07. The molecule has 0 aliphatic carbocycles. The Morgan fingerprint density at radius 2 is 1.94 bits per heavy atom. The van der Waals surface area contributed by atoms with Gasteiger partial charge in [0, 0.05) is 25.3 Å². The first kappa shape index (κ1) is 13.2. The first-order valence-corrected chi connectivity index (χ1v) is 7.34. The van der Waals surface area contributed by atoms with Gasteiger partial charge in [-0.2, -0.15) is 0 Å². The highest BCUT2D eigenvalue weighted by Crippen LogP contribution is 2.23. The lowest BCUT2D eigenvalue weighted by atomic mass is 10.2. The van der Waals surface area contributed by atoms with Crippen LogP contribution in [0.5, 0.6) is 0 Å². The number of para-hydroxylation sites is 1. The molecular formula is C13H10BrClIN. The standard InChI is InChI=1S/C13H10BrClIN/c14-10-5-6-11(15)9(7-10)8-17-13-4-2-1-3-12(13)16/h1-7,17H,8H2. The summed E-state index contributed by atoms with van der Waals surface area (Å²) in [6.07, 6.45) is 0. The van der Waals surface area contributed by atoms with E-state index < -0.39 is 0 Å². The van der Waals surface area contributed by atoms with Crippen LogP contribution in [0.4, 0.5) is 5.69 Å². The smallest absolute Gasteiger partial charge is 0.0478 e. The van der Waals surface area contributed by atoms with E-state index in [1.807, 2.05) is 30.3 Å². The third-order valence-corrected chi connectivity index (χ3v) is 4.15. The molecule has 0 atom stereocenters. The number of benzene rings is 2. The van der Waals surface area contributed by atoms with Gasteiger partial charge in [0.1, 0.15) is 0 Å². The van der Waals surface area contributed by atoms with E-state index in [1.165, 1.54) is 3.57 Å². The Hall–Kier alpha value is -0.260. The van der Waals surface area contributed by atoms with Crippen molar-refractivity contribution in [2.45, 2.75) is 6.54 Å². The van der Waals surface area contributed by atoms with Crippen LogP contribution in [0, 0.1) is 3.57 Å². The molecule has 1 nitrogen and oxygen atoms in total. The van der Waals surface area contributed by atoms with Crippen molar-refractivity contribution in [3.8, 4) is 0 Å². The molecule has 0 heterocycles. The molecule has 0 aliphatic heterocycles. The van der Waals surface area contributed by atoms with Crippen LogP contribution in [-0.2, 0) is 6.54 Å². The van der Waals surface area contributed by atoms with E-state index in [0.29, 0.717) is 0 Å². The predicted molar refractivity (Wildman–Crippen MR) is 85.6 cm³/mol. The van der Waals surface area contributed by atoms with Gasteiger partial charge < -0.3 is 5.32 Å². The molecule has 88 valence electrons. The number of hydrogen-bond donors (Lipinski definition) is 1. The normalized spacial score (nSPS) is 10.3. The van der Waals surface area contributed by atoms with Gasteiger partial charge in [0.25, 0.3) is 0 Å². The fraction of sp³-hybridized carbons (Fsp3) is 0.0769. The average molecular weight is 422 g/mol. The van der Waals surface area contributed by atoms with Gasteiger partial charge in [-0.1, -0.05) is 39.7 Å². The van der Waals surface area contributed by atoms with Crippen LogP contribution in [-0.4, -0.2) is 0 Å². The van der Waals surface area contributed by atoms with Crippen LogP contribution < -0.4 is 5.32 Å². The summed E-state index contributed by atoms with van der Waals surface area (Å²) in [5, 5.41) is 4.17. The Kier molecular flexibility index (Phi) is 4.70. The van der Waals surface area contributed by atoms with Crippen molar-refractivity contribution in [2.75, 3.05) is 5.32 Å². The zero-order chi connectivity index (χ0) is 12.3. The van der Waals surface area contributed by atoms with Crippen LogP contribution >= 0.6 is 50.1 Å². The molecule has 0 spiro atoms. The molecule has 17 heavy (non-hydrogen) atoms. The maximum atomic E-state index is 6.14. The van der Waals surface area contributed by atoms with Crippen molar-refractivity contribution >= 4 is 55.8 Å². The summed E-state index contributed by atoms with van der Waals surface area (Å²) in [5.74, 6) is 0. The van der Waals surface area contributed by atoms with E-state index in [9.17, 15) is 0 Å². The van der Waals surface area contributed by atoms with E-state index in [1.54, 1.807) is 0 Å². The van der Waals surface area contributed by atoms with Gasteiger partial charge >= 0.3 is 0 Å². The van der Waals surface area contributed by atoms with Crippen molar-refractivity contribution in [1.82, 2.24) is 0 Å². The Bertz CT molecular complexity index is 531. The summed E-state index contributed by atoms with van der Waals surface area (Å²) < 4.78 is 2.25. The molecule has 2 aromatic rings. The molecule has 2 aromatic carbocycles. The van der Waals surface area contributed by atoms with E-state index in [-0.39, 0.29) is 0 Å². The number of anilines is 1. The van der Waals surface area contributed by atoms with Gasteiger partial charge in [-0.3, -0.25) is 0 Å². The fourth-order valence-corrected chi connectivity index (χ4v) is 2.64. The monoisotopic (exact) mass is 421 g/mol. The van der Waals surface area contributed by atoms with Crippen molar-refractivity contribution in [2.24, 2.45) is 0 Å². The average Bonchev–Trinajstić information content (AvgIpc) is 2.32. The Balaban J connectivity index is 2.12. The van der Waals surface area contributed by atoms with Crippen molar-refractivity contribution in [3.05, 3.63) is 61.1 Å². The summed E-state index contributed by atoms with van der Waals surface area (Å²) in [6, 6.07) is 14.1. The van der Waals surface area contributed by atoms with Gasteiger partial charge in [-0.05, 0) is 58.5 Å². The van der Waals surface area contributed by atoms with E-state index >= 15 is 0 Å². The molecule has 0 aromatic heterocycles. The molecule has 0 amide bonds. The number of halogens is 3. The summed E-state index contributed by atoms with van der Waals surface area (Å²) >= 11 is 11.9. The van der Waals surface area contributed by atoms with Crippen LogP contribution in [0.1, 0.15) is 5.56 Å². The number of nitrogens with one attached hydrogen (secondary N) is 1. The molecule has 0 radical (unpaired) electrons. The lowest BCUT2D eigenvalue weighted by molar-refractivity contribution is 1.14.